The van der Waals surface area contributed by atoms with E-state index in [0.29, 0.717) is 18.7 Å². The molecule has 270 valence electrons. The maximum atomic E-state index is 14.0. The number of rotatable bonds is 9. The van der Waals surface area contributed by atoms with Crippen molar-refractivity contribution in [1.82, 2.24) is 9.80 Å². The van der Waals surface area contributed by atoms with Crippen molar-refractivity contribution in [3.63, 3.8) is 0 Å². The van der Waals surface area contributed by atoms with Crippen LogP contribution in [0.4, 0.5) is 4.39 Å². The number of hydrogen-bond donors (Lipinski definition) is 1. The molecule has 3 aliphatic rings. The highest BCUT2D eigenvalue weighted by molar-refractivity contribution is 5.78. The number of benzene rings is 3. The van der Waals surface area contributed by atoms with Crippen LogP contribution >= 0.6 is 0 Å². The number of hydrogen-bond acceptors (Lipinski definition) is 4. The van der Waals surface area contributed by atoms with Gasteiger partial charge in [-0.05, 0) is 93.0 Å². The van der Waals surface area contributed by atoms with Gasteiger partial charge in [0.25, 0.3) is 5.91 Å². The van der Waals surface area contributed by atoms with E-state index in [-0.39, 0.29) is 41.2 Å². The highest BCUT2D eigenvalue weighted by atomic mass is 19.1. The molecule has 0 unspecified atom stereocenters. The lowest BCUT2D eigenvalue weighted by Crippen LogP contribution is -2.58. The van der Waals surface area contributed by atoms with Crippen LogP contribution in [0.25, 0.3) is 0 Å². The Balaban J connectivity index is 1.27. The number of halogens is 1. The van der Waals surface area contributed by atoms with Gasteiger partial charge in [0.15, 0.2) is 6.61 Å². The number of aryl methyl sites for hydroxylation is 2. The molecule has 3 fully saturated rings. The minimum atomic E-state index is -0.225. The molecule has 0 radical (unpaired) electrons. The minimum absolute atomic E-state index is 0.00275. The Labute approximate surface area is 300 Å². The third-order valence-corrected chi connectivity index (χ3v) is 12.3. The molecular weight excluding hydrogens is 623 g/mol. The first kappa shape index (κ1) is 36.4. The summed E-state index contributed by atoms with van der Waals surface area (Å²) in [5.74, 6) is 1.03. The molecule has 0 spiro atoms. The molecule has 1 amide bonds. The van der Waals surface area contributed by atoms with Crippen LogP contribution in [0.15, 0.2) is 48.5 Å². The fourth-order valence-corrected chi connectivity index (χ4v) is 9.26. The molecule has 2 aliphatic carbocycles. The number of phenols is 1. The van der Waals surface area contributed by atoms with Gasteiger partial charge in [0.1, 0.15) is 17.3 Å². The number of carbonyl (C=O) groups excluding carboxylic acids is 1. The standard InChI is InChI=1S/C44H59FN2O3/c1-30-21-35(41(49)38(23-30)43(5)17-9-7-10-18-43)25-36-22-31(2)24-39(44(6)19-11-8-12-20-44)42(36)50-29-40(48)47-27-32(3)46(26-33(47)4)28-34-13-15-37(45)16-14-34/h13-16,21-24,32-33,49H,7-12,17-20,25-29H2,1-6H3/t32-,33+/m1/s1. The molecule has 1 aliphatic heterocycles. The van der Waals surface area contributed by atoms with E-state index in [1.165, 1.54) is 67.3 Å². The van der Waals surface area contributed by atoms with Gasteiger partial charge in [0.05, 0.1) is 0 Å². The maximum Gasteiger partial charge on any atom is 0.260 e. The zero-order valence-corrected chi connectivity index (χ0v) is 31.4. The summed E-state index contributed by atoms with van der Waals surface area (Å²) in [6, 6.07) is 15.7. The zero-order chi connectivity index (χ0) is 35.6. The van der Waals surface area contributed by atoms with Gasteiger partial charge in [-0.1, -0.05) is 99.9 Å². The predicted molar refractivity (Wildman–Crippen MR) is 201 cm³/mol. The van der Waals surface area contributed by atoms with Crippen molar-refractivity contribution in [3.05, 3.63) is 93.3 Å². The summed E-state index contributed by atoms with van der Waals surface area (Å²) >= 11 is 0. The van der Waals surface area contributed by atoms with Crippen LogP contribution < -0.4 is 4.74 Å². The molecule has 6 rings (SSSR count). The second-order valence-electron chi connectivity index (χ2n) is 16.6. The number of carbonyl (C=O) groups is 1. The summed E-state index contributed by atoms with van der Waals surface area (Å²) in [4.78, 5) is 18.3. The Morgan fingerprint density at radius 1 is 0.800 bits per heavy atom. The monoisotopic (exact) mass is 682 g/mol. The van der Waals surface area contributed by atoms with Gasteiger partial charge in [-0.2, -0.15) is 0 Å². The highest BCUT2D eigenvalue weighted by Crippen LogP contribution is 2.47. The number of nitrogens with zero attached hydrogens (tertiary/aromatic N) is 2. The molecule has 5 nitrogen and oxygen atoms in total. The lowest BCUT2D eigenvalue weighted by Gasteiger charge is -2.44. The average Bonchev–Trinajstić information content (AvgIpc) is 3.08. The Kier molecular flexibility index (Phi) is 11.0. The Morgan fingerprint density at radius 3 is 1.98 bits per heavy atom. The van der Waals surface area contributed by atoms with Crippen LogP contribution in [0.2, 0.25) is 0 Å². The normalized spacial score (nSPS) is 22.3. The van der Waals surface area contributed by atoms with Gasteiger partial charge in [0.2, 0.25) is 0 Å². The molecule has 2 atom stereocenters. The van der Waals surface area contributed by atoms with Gasteiger partial charge in [0, 0.05) is 49.3 Å². The van der Waals surface area contributed by atoms with E-state index in [2.05, 4.69) is 70.7 Å². The fourth-order valence-electron chi connectivity index (χ4n) is 9.26. The summed E-state index contributed by atoms with van der Waals surface area (Å²) in [7, 11) is 0. The molecule has 3 aromatic rings. The Bertz CT molecular complexity index is 1650. The van der Waals surface area contributed by atoms with Crippen molar-refractivity contribution in [2.45, 2.75) is 142 Å². The average molecular weight is 683 g/mol. The van der Waals surface area contributed by atoms with E-state index in [4.69, 9.17) is 4.74 Å². The topological polar surface area (TPSA) is 53.0 Å². The predicted octanol–water partition coefficient (Wildman–Crippen LogP) is 9.68. The third kappa shape index (κ3) is 7.91. The molecule has 1 N–H and O–H groups in total. The van der Waals surface area contributed by atoms with Crippen molar-refractivity contribution in [2.75, 3.05) is 19.7 Å². The molecule has 1 saturated heterocycles. The van der Waals surface area contributed by atoms with E-state index < -0.39 is 0 Å². The van der Waals surface area contributed by atoms with Gasteiger partial charge in [-0.3, -0.25) is 9.69 Å². The van der Waals surface area contributed by atoms with Crippen molar-refractivity contribution in [1.29, 1.82) is 0 Å². The van der Waals surface area contributed by atoms with Crippen LogP contribution in [0.5, 0.6) is 11.5 Å². The van der Waals surface area contributed by atoms with Gasteiger partial charge < -0.3 is 14.7 Å². The Hall–Kier alpha value is -3.38. The van der Waals surface area contributed by atoms with E-state index in [9.17, 15) is 14.3 Å². The maximum absolute atomic E-state index is 14.0. The quantitative estimate of drug-likeness (QED) is 0.244. The van der Waals surface area contributed by atoms with Crippen LogP contribution in [-0.2, 0) is 28.6 Å². The first-order valence-electron chi connectivity index (χ1n) is 19.2. The van der Waals surface area contributed by atoms with Crippen LogP contribution in [-0.4, -0.2) is 52.6 Å². The molecule has 0 bridgehead atoms. The van der Waals surface area contributed by atoms with Crippen molar-refractivity contribution < 1.29 is 19.0 Å². The lowest BCUT2D eigenvalue weighted by atomic mass is 9.69. The van der Waals surface area contributed by atoms with Crippen molar-refractivity contribution >= 4 is 5.91 Å². The van der Waals surface area contributed by atoms with E-state index in [1.807, 2.05) is 17.0 Å². The molecule has 1 heterocycles. The smallest absolute Gasteiger partial charge is 0.260 e. The summed E-state index contributed by atoms with van der Waals surface area (Å²) < 4.78 is 20.3. The van der Waals surface area contributed by atoms with E-state index >= 15 is 0 Å². The number of phenolic OH excluding ortho intramolecular Hbond substituents is 1. The van der Waals surface area contributed by atoms with Crippen molar-refractivity contribution in [2.24, 2.45) is 0 Å². The van der Waals surface area contributed by atoms with E-state index in [0.717, 1.165) is 66.8 Å². The second-order valence-corrected chi connectivity index (χ2v) is 16.6. The largest absolute Gasteiger partial charge is 0.507 e. The van der Waals surface area contributed by atoms with Gasteiger partial charge in [-0.25, -0.2) is 4.39 Å². The first-order chi connectivity index (χ1) is 23.8. The SMILES string of the molecule is Cc1cc(Cc2cc(C)cc(C3(C)CCCCC3)c2OCC(=O)N2C[C@@H](C)N(Cc3ccc(F)cc3)C[C@@H]2C)c(O)c(C2(C)CCCCC2)c1. The summed E-state index contributed by atoms with van der Waals surface area (Å²) in [5, 5.41) is 11.9. The minimum Gasteiger partial charge on any atom is -0.507 e. The number of aromatic hydroxyl groups is 1. The van der Waals surface area contributed by atoms with Crippen molar-refractivity contribution in [3.8, 4) is 11.5 Å². The molecule has 50 heavy (non-hydrogen) atoms. The number of ether oxygens (including phenoxy) is 1. The highest BCUT2D eigenvalue weighted by Gasteiger charge is 2.36. The summed E-state index contributed by atoms with van der Waals surface area (Å²) in [6.45, 7) is 15.3. The van der Waals surface area contributed by atoms with Gasteiger partial charge in [-0.15, -0.1) is 0 Å². The Morgan fingerprint density at radius 2 is 1.36 bits per heavy atom. The molecular formula is C44H59FN2O3. The van der Waals surface area contributed by atoms with Crippen LogP contribution in [0, 0.1) is 19.7 Å². The fraction of sp³-hybridized carbons (Fsp3) is 0.568. The molecule has 3 aromatic carbocycles. The summed E-state index contributed by atoms with van der Waals surface area (Å²) in [6.07, 6.45) is 12.3. The second kappa shape index (κ2) is 15.1. The number of amides is 1. The third-order valence-electron chi connectivity index (χ3n) is 12.3. The van der Waals surface area contributed by atoms with E-state index in [1.54, 1.807) is 0 Å². The van der Waals surface area contributed by atoms with Gasteiger partial charge >= 0.3 is 0 Å². The molecule has 6 heteroatoms. The van der Waals surface area contributed by atoms with Crippen LogP contribution in [0.3, 0.4) is 0 Å². The zero-order valence-electron chi connectivity index (χ0n) is 31.4. The first-order valence-corrected chi connectivity index (χ1v) is 19.2. The molecule has 2 saturated carbocycles. The summed E-state index contributed by atoms with van der Waals surface area (Å²) in [5.41, 5.74) is 7.66. The van der Waals surface area contributed by atoms with Crippen LogP contribution in [0.1, 0.15) is 131 Å². The lowest BCUT2D eigenvalue weighted by molar-refractivity contribution is -0.139. The number of piperazine rings is 1. The molecule has 0 aromatic heterocycles.